The molecular weight excluding hydrogens is 234 g/mol. The van der Waals surface area contributed by atoms with E-state index in [-0.39, 0.29) is 16.3 Å². The van der Waals surface area contributed by atoms with Crippen molar-refractivity contribution in [3.05, 3.63) is 47.3 Å². The number of rotatable bonds is 4. The Bertz CT molecular complexity index is 363. The SMILES string of the molecule is C=CC(C)(CCl)Cc1cccc(Cl)c1F. The number of hydrogen-bond donors (Lipinski definition) is 0. The number of allylic oxidation sites excluding steroid dienone is 1. The molecular formula is C12H13Cl2F. The Balaban J connectivity index is 2.98. The standard InChI is InChI=1S/C12H13Cl2F/c1-3-12(2,8-13)7-9-5-4-6-10(14)11(9)15/h3-6H,1,7-8H2,2H3. The van der Waals surface area contributed by atoms with Crippen LogP contribution in [0, 0.1) is 11.2 Å². The fraction of sp³-hybridized carbons (Fsp3) is 0.333. The second-order valence-corrected chi connectivity index (χ2v) is 4.56. The van der Waals surface area contributed by atoms with Gasteiger partial charge in [0.2, 0.25) is 0 Å². The lowest BCUT2D eigenvalue weighted by Crippen LogP contribution is -2.19. The molecule has 0 amide bonds. The molecule has 3 heteroatoms. The molecule has 0 fully saturated rings. The highest BCUT2D eigenvalue weighted by Gasteiger charge is 2.21. The molecule has 0 saturated heterocycles. The second-order valence-electron chi connectivity index (χ2n) is 3.88. The van der Waals surface area contributed by atoms with Crippen LogP contribution in [-0.2, 0) is 6.42 Å². The van der Waals surface area contributed by atoms with Crippen molar-refractivity contribution in [2.75, 3.05) is 5.88 Å². The minimum absolute atomic E-state index is 0.147. The van der Waals surface area contributed by atoms with Gasteiger partial charge < -0.3 is 0 Å². The van der Waals surface area contributed by atoms with Crippen LogP contribution in [0.3, 0.4) is 0 Å². The van der Waals surface area contributed by atoms with Crippen molar-refractivity contribution in [3.8, 4) is 0 Å². The Morgan fingerprint density at radius 2 is 2.20 bits per heavy atom. The zero-order valence-corrected chi connectivity index (χ0v) is 10.1. The highest BCUT2D eigenvalue weighted by Crippen LogP contribution is 2.28. The Kier molecular flexibility index (Phi) is 4.18. The van der Waals surface area contributed by atoms with Gasteiger partial charge in [-0.2, -0.15) is 0 Å². The fourth-order valence-electron chi connectivity index (χ4n) is 1.29. The second kappa shape index (κ2) is 5.00. The van der Waals surface area contributed by atoms with E-state index in [1.54, 1.807) is 18.2 Å². The van der Waals surface area contributed by atoms with E-state index in [9.17, 15) is 4.39 Å². The normalized spacial score (nSPS) is 14.7. The molecule has 82 valence electrons. The van der Waals surface area contributed by atoms with Crippen molar-refractivity contribution >= 4 is 23.2 Å². The topological polar surface area (TPSA) is 0 Å². The molecule has 1 rings (SSSR count). The van der Waals surface area contributed by atoms with E-state index in [1.165, 1.54) is 6.07 Å². The van der Waals surface area contributed by atoms with Crippen LogP contribution in [0.25, 0.3) is 0 Å². The van der Waals surface area contributed by atoms with Gasteiger partial charge in [0.05, 0.1) is 5.02 Å². The van der Waals surface area contributed by atoms with Crippen LogP contribution in [0.4, 0.5) is 4.39 Å². The quantitative estimate of drug-likeness (QED) is 0.544. The molecule has 0 radical (unpaired) electrons. The molecule has 0 nitrogen and oxygen atoms in total. The minimum atomic E-state index is -0.364. The van der Waals surface area contributed by atoms with Crippen LogP contribution in [0.15, 0.2) is 30.9 Å². The van der Waals surface area contributed by atoms with E-state index in [4.69, 9.17) is 23.2 Å². The van der Waals surface area contributed by atoms with Crippen LogP contribution in [-0.4, -0.2) is 5.88 Å². The number of halogens is 3. The number of alkyl halides is 1. The third-order valence-electron chi connectivity index (χ3n) is 2.42. The number of benzene rings is 1. The van der Waals surface area contributed by atoms with E-state index in [1.807, 2.05) is 6.92 Å². The van der Waals surface area contributed by atoms with Gasteiger partial charge in [0.15, 0.2) is 0 Å². The van der Waals surface area contributed by atoms with E-state index in [2.05, 4.69) is 6.58 Å². The highest BCUT2D eigenvalue weighted by molar-refractivity contribution is 6.30. The van der Waals surface area contributed by atoms with Gasteiger partial charge in [-0.3, -0.25) is 0 Å². The van der Waals surface area contributed by atoms with Crippen molar-refractivity contribution in [3.63, 3.8) is 0 Å². The summed E-state index contributed by atoms with van der Waals surface area (Å²) in [5.74, 6) is 0.0417. The molecule has 0 heterocycles. The molecule has 0 saturated carbocycles. The molecule has 1 aromatic rings. The summed E-state index contributed by atoms with van der Waals surface area (Å²) >= 11 is 11.5. The molecule has 0 N–H and O–H groups in total. The van der Waals surface area contributed by atoms with Gasteiger partial charge in [0, 0.05) is 11.3 Å². The van der Waals surface area contributed by atoms with Gasteiger partial charge in [-0.1, -0.05) is 36.7 Å². The van der Waals surface area contributed by atoms with E-state index in [0.29, 0.717) is 17.9 Å². The van der Waals surface area contributed by atoms with Crippen LogP contribution >= 0.6 is 23.2 Å². The molecule has 1 unspecified atom stereocenters. The van der Waals surface area contributed by atoms with Crippen molar-refractivity contribution < 1.29 is 4.39 Å². The largest absolute Gasteiger partial charge is 0.205 e. The summed E-state index contributed by atoms with van der Waals surface area (Å²) in [7, 11) is 0. The first-order valence-electron chi connectivity index (χ1n) is 4.65. The molecule has 15 heavy (non-hydrogen) atoms. The fourth-order valence-corrected chi connectivity index (χ4v) is 1.69. The van der Waals surface area contributed by atoms with Gasteiger partial charge in [0.1, 0.15) is 5.82 Å². The van der Waals surface area contributed by atoms with E-state index < -0.39 is 0 Å². The molecule has 1 atom stereocenters. The van der Waals surface area contributed by atoms with Crippen LogP contribution in [0.1, 0.15) is 12.5 Å². The maximum atomic E-state index is 13.6. The summed E-state index contributed by atoms with van der Waals surface area (Å²) in [5.41, 5.74) is 0.276. The zero-order valence-electron chi connectivity index (χ0n) is 8.56. The Hall–Kier alpha value is -0.530. The van der Waals surface area contributed by atoms with Gasteiger partial charge >= 0.3 is 0 Å². The van der Waals surface area contributed by atoms with E-state index in [0.717, 1.165) is 0 Å². The average molecular weight is 247 g/mol. The smallest absolute Gasteiger partial charge is 0.144 e. The predicted molar refractivity (Wildman–Crippen MR) is 64.1 cm³/mol. The molecule has 0 aliphatic rings. The maximum absolute atomic E-state index is 13.6. The summed E-state index contributed by atoms with van der Waals surface area (Å²) in [6.45, 7) is 5.65. The third kappa shape index (κ3) is 2.96. The Labute approximate surface area is 99.7 Å². The van der Waals surface area contributed by atoms with Crippen molar-refractivity contribution in [1.82, 2.24) is 0 Å². The third-order valence-corrected chi connectivity index (χ3v) is 3.33. The monoisotopic (exact) mass is 246 g/mol. The molecule has 0 aromatic heterocycles. The first-order chi connectivity index (χ1) is 7.02. The zero-order chi connectivity index (χ0) is 11.5. The lowest BCUT2D eigenvalue weighted by Gasteiger charge is -2.22. The van der Waals surface area contributed by atoms with Crippen LogP contribution < -0.4 is 0 Å². The summed E-state index contributed by atoms with van der Waals surface area (Å²) in [5, 5.41) is 0.147. The van der Waals surface area contributed by atoms with Crippen molar-refractivity contribution in [2.24, 2.45) is 5.41 Å². The summed E-state index contributed by atoms with van der Waals surface area (Å²) in [6.07, 6.45) is 2.26. The molecule has 0 aliphatic carbocycles. The lowest BCUT2D eigenvalue weighted by molar-refractivity contribution is 0.470. The highest BCUT2D eigenvalue weighted by atomic mass is 35.5. The molecule has 0 bridgehead atoms. The first-order valence-corrected chi connectivity index (χ1v) is 5.56. The first kappa shape index (κ1) is 12.5. The number of hydrogen-bond acceptors (Lipinski definition) is 0. The van der Waals surface area contributed by atoms with Gasteiger partial charge in [0.25, 0.3) is 0 Å². The lowest BCUT2D eigenvalue weighted by atomic mass is 9.85. The molecule has 1 aromatic carbocycles. The summed E-state index contributed by atoms with van der Waals surface area (Å²) < 4.78 is 13.6. The van der Waals surface area contributed by atoms with Gasteiger partial charge in [-0.15, -0.1) is 18.2 Å². The van der Waals surface area contributed by atoms with Crippen molar-refractivity contribution in [2.45, 2.75) is 13.3 Å². The maximum Gasteiger partial charge on any atom is 0.144 e. The van der Waals surface area contributed by atoms with Gasteiger partial charge in [-0.25, -0.2) is 4.39 Å². The van der Waals surface area contributed by atoms with Crippen molar-refractivity contribution in [1.29, 1.82) is 0 Å². The summed E-state index contributed by atoms with van der Waals surface area (Å²) in [4.78, 5) is 0. The van der Waals surface area contributed by atoms with Crippen LogP contribution in [0.5, 0.6) is 0 Å². The summed E-state index contributed by atoms with van der Waals surface area (Å²) in [6, 6.07) is 4.99. The van der Waals surface area contributed by atoms with Gasteiger partial charge in [-0.05, 0) is 18.1 Å². The predicted octanol–water partition coefficient (Wildman–Crippen LogP) is 4.45. The molecule has 0 spiro atoms. The van der Waals surface area contributed by atoms with Crippen LogP contribution in [0.2, 0.25) is 5.02 Å². The van der Waals surface area contributed by atoms with E-state index >= 15 is 0 Å². The molecule has 0 aliphatic heterocycles. The Morgan fingerprint density at radius 3 is 2.73 bits per heavy atom. The average Bonchev–Trinajstić information content (AvgIpc) is 2.25. The Morgan fingerprint density at radius 1 is 1.53 bits per heavy atom. The minimum Gasteiger partial charge on any atom is -0.205 e.